The summed E-state index contributed by atoms with van der Waals surface area (Å²) in [6.07, 6.45) is 1.97. The molecule has 2 aromatic carbocycles. The number of carbonyl (C=O) groups is 1. The van der Waals surface area contributed by atoms with Crippen molar-refractivity contribution in [2.75, 3.05) is 22.9 Å². The van der Waals surface area contributed by atoms with E-state index in [1.807, 2.05) is 18.2 Å². The van der Waals surface area contributed by atoms with Crippen molar-refractivity contribution in [1.82, 2.24) is 9.88 Å². The lowest BCUT2D eigenvalue weighted by atomic mass is 10.0. The summed E-state index contributed by atoms with van der Waals surface area (Å²) in [5, 5.41) is 4.67. The van der Waals surface area contributed by atoms with Crippen LogP contribution in [0.1, 0.15) is 36.1 Å². The number of nitrogens with one attached hydrogen (secondary N) is 1. The van der Waals surface area contributed by atoms with Gasteiger partial charge in [0.1, 0.15) is 10.7 Å². The normalized spacial score (nSPS) is 19.8. The largest absolute Gasteiger partial charge is 0.377 e. The van der Waals surface area contributed by atoms with Crippen LogP contribution in [0.4, 0.5) is 15.9 Å². The smallest absolute Gasteiger partial charge is 0.322 e. The summed E-state index contributed by atoms with van der Waals surface area (Å²) in [5.74, 6) is -1.21. The highest BCUT2D eigenvalue weighted by molar-refractivity contribution is 7.92. The number of hydrogen-bond donors (Lipinski definition) is 1. The molecule has 34 heavy (non-hydrogen) atoms. The second kappa shape index (κ2) is 9.14. The third kappa shape index (κ3) is 4.02. The molecule has 2 heterocycles. The van der Waals surface area contributed by atoms with Crippen molar-refractivity contribution in [2.24, 2.45) is 0 Å². The number of aromatic nitrogens is 1. The van der Waals surface area contributed by atoms with Crippen LogP contribution in [-0.2, 0) is 19.7 Å². The molecule has 1 aliphatic heterocycles. The van der Waals surface area contributed by atoms with E-state index in [4.69, 9.17) is 11.6 Å². The maximum absolute atomic E-state index is 15.1. The Morgan fingerprint density at radius 1 is 1.26 bits per heavy atom. The van der Waals surface area contributed by atoms with E-state index in [1.54, 1.807) is 0 Å². The van der Waals surface area contributed by atoms with Gasteiger partial charge in [-0.3, -0.25) is 9.69 Å². The van der Waals surface area contributed by atoms with E-state index >= 15 is 4.39 Å². The van der Waals surface area contributed by atoms with Gasteiger partial charge < -0.3 is 10.2 Å². The first-order chi connectivity index (χ1) is 16.4. The van der Waals surface area contributed by atoms with Crippen LogP contribution < -0.4 is 9.79 Å². The molecule has 2 aliphatic rings. The fraction of sp³-hybridized carbons (Fsp3) is 0.273. The van der Waals surface area contributed by atoms with Gasteiger partial charge in [0.15, 0.2) is 5.82 Å². The number of likely N-dealkylation sites (tertiary alicyclic amines) is 1. The zero-order chi connectivity index (χ0) is 23.9. The van der Waals surface area contributed by atoms with Gasteiger partial charge in [0.05, 0.1) is 22.3 Å². The number of nitrogens with zero attached hydrogens (tertiary/aromatic N) is 3. The average Bonchev–Trinajstić information content (AvgIpc) is 3.42. The van der Waals surface area contributed by atoms with Gasteiger partial charge in [-0.05, 0) is 49.2 Å². The maximum atomic E-state index is 15.1. The lowest BCUT2D eigenvalue weighted by Crippen LogP contribution is -2.39. The highest BCUT2D eigenvalue weighted by Crippen LogP contribution is 2.46. The van der Waals surface area contributed by atoms with E-state index in [9.17, 15) is 13.2 Å². The Morgan fingerprint density at radius 3 is 2.68 bits per heavy atom. The quantitative estimate of drug-likeness (QED) is 0.343. The van der Waals surface area contributed by atoms with Crippen LogP contribution in [0.25, 0.3) is 0 Å². The van der Waals surface area contributed by atoms with Crippen LogP contribution in [0.15, 0.2) is 52.2 Å². The van der Waals surface area contributed by atoms with Crippen LogP contribution in [-0.4, -0.2) is 37.9 Å². The molecule has 2 atom stereocenters. The van der Waals surface area contributed by atoms with E-state index in [2.05, 4.69) is 26.1 Å². The van der Waals surface area contributed by atoms with Gasteiger partial charge in [0.25, 0.3) is 10.0 Å². The van der Waals surface area contributed by atoms with Crippen molar-refractivity contribution in [2.45, 2.75) is 29.8 Å². The van der Waals surface area contributed by atoms with Gasteiger partial charge in [-0.15, -0.1) is 11.3 Å². The third-order valence-corrected chi connectivity index (χ3v) is 8.58. The molecule has 1 aliphatic carbocycles. The minimum absolute atomic E-state index is 0.0224. The number of anilines is 2. The summed E-state index contributed by atoms with van der Waals surface area (Å²) < 4.78 is 41.5. The first kappa shape index (κ1) is 23.0. The summed E-state index contributed by atoms with van der Waals surface area (Å²) >= 11 is 7.50. The lowest BCUT2D eigenvalue weighted by Gasteiger charge is -2.37. The molecule has 1 fully saturated rings. The SMILES string of the molecule is O=CON(c1cscn1)S(=O)(=O)c1cc(Cl)c(N[C@@H]2C[C@H](N3CCC3)c3ccccc32)cc1F. The molecule has 0 unspecified atom stereocenters. The van der Waals surface area contributed by atoms with Gasteiger partial charge in [-0.2, -0.15) is 8.42 Å². The van der Waals surface area contributed by atoms with Crippen LogP contribution in [0.2, 0.25) is 5.02 Å². The van der Waals surface area contributed by atoms with Gasteiger partial charge in [0, 0.05) is 11.4 Å². The Bertz CT molecular complexity index is 1320. The summed E-state index contributed by atoms with van der Waals surface area (Å²) in [5.41, 5.74) is 3.98. The minimum Gasteiger partial charge on any atom is -0.377 e. The summed E-state index contributed by atoms with van der Waals surface area (Å²) in [6, 6.07) is 10.4. The fourth-order valence-electron chi connectivity index (χ4n) is 4.43. The molecule has 12 heteroatoms. The van der Waals surface area contributed by atoms with Crippen LogP contribution in [0.5, 0.6) is 0 Å². The highest BCUT2D eigenvalue weighted by Gasteiger charge is 2.37. The van der Waals surface area contributed by atoms with E-state index in [-0.39, 0.29) is 39.6 Å². The van der Waals surface area contributed by atoms with Crippen LogP contribution in [0.3, 0.4) is 0 Å². The zero-order valence-electron chi connectivity index (χ0n) is 17.7. The monoisotopic (exact) mass is 522 g/mol. The minimum atomic E-state index is -4.62. The van der Waals surface area contributed by atoms with Crippen molar-refractivity contribution >= 4 is 50.9 Å². The molecule has 1 N–H and O–H groups in total. The second-order valence-electron chi connectivity index (χ2n) is 8.01. The van der Waals surface area contributed by atoms with Crippen molar-refractivity contribution in [3.8, 4) is 0 Å². The Hall–Kier alpha value is -2.73. The molecule has 0 saturated carbocycles. The van der Waals surface area contributed by atoms with E-state index < -0.39 is 20.7 Å². The van der Waals surface area contributed by atoms with Crippen molar-refractivity contribution in [3.63, 3.8) is 0 Å². The van der Waals surface area contributed by atoms with Crippen molar-refractivity contribution in [1.29, 1.82) is 0 Å². The molecule has 0 spiro atoms. The highest BCUT2D eigenvalue weighted by atomic mass is 35.5. The topological polar surface area (TPSA) is 91.8 Å². The third-order valence-electron chi connectivity index (χ3n) is 6.11. The number of sulfonamides is 1. The van der Waals surface area contributed by atoms with Crippen molar-refractivity contribution < 1.29 is 22.4 Å². The Morgan fingerprint density at radius 2 is 2.03 bits per heavy atom. The zero-order valence-corrected chi connectivity index (χ0v) is 20.1. The van der Waals surface area contributed by atoms with Crippen LogP contribution in [0, 0.1) is 5.82 Å². The molecule has 5 rings (SSSR count). The molecule has 178 valence electrons. The second-order valence-corrected chi connectivity index (χ2v) is 10.9. The number of rotatable bonds is 8. The van der Waals surface area contributed by atoms with E-state index in [0.717, 1.165) is 48.5 Å². The molecule has 0 radical (unpaired) electrons. The molecule has 8 nitrogen and oxygen atoms in total. The Balaban J connectivity index is 1.44. The Kier molecular flexibility index (Phi) is 6.19. The first-order valence-corrected chi connectivity index (χ1v) is 13.3. The molecule has 0 amide bonds. The molecule has 3 aromatic rings. The standard InChI is InChI=1S/C22H20ClFN4O4S2/c23-16-8-21(34(30,31)28(32-13-29)22-11-33-12-25-22)17(24)9-19(16)26-18-10-20(27-6-3-7-27)15-5-2-1-4-14(15)18/h1-2,4-5,8-9,11-13,18,20,26H,3,6-7,10H2/t18-,20+/m1/s1. The number of benzene rings is 2. The van der Waals surface area contributed by atoms with Crippen LogP contribution >= 0.6 is 22.9 Å². The number of carbonyl (C=O) groups excluding carboxylic acids is 1. The Labute approximate surface area is 204 Å². The van der Waals surface area contributed by atoms with E-state index in [1.165, 1.54) is 22.9 Å². The average molecular weight is 523 g/mol. The van der Waals surface area contributed by atoms with Gasteiger partial charge in [-0.1, -0.05) is 40.3 Å². The van der Waals surface area contributed by atoms with Gasteiger partial charge >= 0.3 is 6.47 Å². The summed E-state index contributed by atoms with van der Waals surface area (Å²) in [7, 11) is -4.62. The van der Waals surface area contributed by atoms with Crippen molar-refractivity contribution in [3.05, 3.63) is 69.3 Å². The molecule has 0 bridgehead atoms. The maximum Gasteiger partial charge on any atom is 0.322 e. The van der Waals surface area contributed by atoms with Gasteiger partial charge in [-0.25, -0.2) is 9.37 Å². The predicted octanol–water partition coefficient (Wildman–Crippen LogP) is 4.52. The fourth-order valence-corrected chi connectivity index (χ4v) is 6.53. The summed E-state index contributed by atoms with van der Waals surface area (Å²) in [4.78, 5) is 21.0. The number of thiazole rings is 1. The molecule has 1 saturated heterocycles. The predicted molar refractivity (Wildman–Crippen MR) is 127 cm³/mol. The number of fused-ring (bicyclic) bond motifs is 1. The van der Waals surface area contributed by atoms with E-state index in [0.29, 0.717) is 0 Å². The number of hydrogen-bond acceptors (Lipinski definition) is 8. The molecular weight excluding hydrogens is 503 g/mol. The number of halogens is 2. The lowest BCUT2D eigenvalue weighted by molar-refractivity contribution is -0.128. The summed E-state index contributed by atoms with van der Waals surface area (Å²) in [6.45, 7) is 2.02. The first-order valence-electron chi connectivity index (χ1n) is 10.5. The molecule has 1 aromatic heterocycles. The molecular formula is C22H20ClFN4O4S2. The van der Waals surface area contributed by atoms with Gasteiger partial charge in [0.2, 0.25) is 0 Å².